The molecule has 3 aromatic rings. The van der Waals surface area contributed by atoms with Crippen molar-refractivity contribution >= 4 is 27.3 Å². The minimum atomic E-state index is -0.356. The number of thiophene rings is 1. The summed E-state index contributed by atoms with van der Waals surface area (Å²) in [5, 5.41) is 11.3. The van der Waals surface area contributed by atoms with E-state index < -0.39 is 0 Å². The van der Waals surface area contributed by atoms with Crippen molar-refractivity contribution in [1.82, 2.24) is 4.98 Å². The van der Waals surface area contributed by atoms with Gasteiger partial charge in [-0.1, -0.05) is 17.7 Å². The summed E-state index contributed by atoms with van der Waals surface area (Å²) in [5.41, 5.74) is 4.37. The van der Waals surface area contributed by atoms with Crippen LogP contribution in [-0.2, 0) is 0 Å². The molecule has 0 unspecified atom stereocenters. The zero-order valence-corrected chi connectivity index (χ0v) is 15.0. The van der Waals surface area contributed by atoms with E-state index in [2.05, 4.69) is 20.9 Å². The lowest BCUT2D eigenvalue weighted by molar-refractivity contribution is 1.21. The summed E-state index contributed by atoms with van der Waals surface area (Å²) in [7, 11) is 0. The number of nitrogens with one attached hydrogen (secondary N) is 1. The molecule has 0 fully saturated rings. The van der Waals surface area contributed by atoms with E-state index in [1.165, 1.54) is 11.3 Å². The van der Waals surface area contributed by atoms with Crippen molar-refractivity contribution in [3.8, 4) is 27.8 Å². The summed E-state index contributed by atoms with van der Waals surface area (Å²) >= 11 is 4.92. The molecule has 5 heteroatoms. The third-order valence-electron chi connectivity index (χ3n) is 3.66. The number of aromatic nitrogens is 1. The molecule has 0 atom stereocenters. The van der Waals surface area contributed by atoms with Crippen LogP contribution in [0.1, 0.15) is 16.7 Å². The van der Waals surface area contributed by atoms with Crippen molar-refractivity contribution in [2.24, 2.45) is 0 Å². The van der Waals surface area contributed by atoms with Gasteiger partial charge in [0.25, 0.3) is 5.56 Å². The van der Waals surface area contributed by atoms with E-state index in [1.807, 2.05) is 55.6 Å². The number of rotatable bonds is 2. The van der Waals surface area contributed by atoms with E-state index in [1.54, 1.807) is 0 Å². The standard InChI is InChI=1S/C18H13BrN2OS/c1-10-3-4-11(2)13(5-10)16-7-14(15(8-20)18(22)21-16)17-6-12(19)9-23-17/h3-7,9H,1-2H3,(H,21,22). The highest BCUT2D eigenvalue weighted by Crippen LogP contribution is 2.33. The molecule has 0 aliphatic rings. The number of hydrogen-bond donors (Lipinski definition) is 1. The van der Waals surface area contributed by atoms with E-state index >= 15 is 0 Å². The molecule has 2 aromatic heterocycles. The minimum Gasteiger partial charge on any atom is -0.321 e. The molecule has 0 radical (unpaired) electrons. The van der Waals surface area contributed by atoms with Gasteiger partial charge in [-0.2, -0.15) is 5.26 Å². The second-order valence-corrected chi connectivity index (χ2v) is 7.19. The highest BCUT2D eigenvalue weighted by atomic mass is 79.9. The molecule has 0 bridgehead atoms. The first-order valence-corrected chi connectivity index (χ1v) is 8.66. The number of nitrogens with zero attached hydrogens (tertiary/aromatic N) is 1. The van der Waals surface area contributed by atoms with Crippen LogP contribution in [0, 0.1) is 25.2 Å². The summed E-state index contributed by atoms with van der Waals surface area (Å²) in [6.45, 7) is 4.02. The quantitative estimate of drug-likeness (QED) is 0.673. The van der Waals surface area contributed by atoms with Crippen LogP contribution in [-0.4, -0.2) is 4.98 Å². The van der Waals surface area contributed by atoms with Crippen LogP contribution in [0.4, 0.5) is 0 Å². The molecule has 3 nitrogen and oxygen atoms in total. The Balaban J connectivity index is 2.29. The van der Waals surface area contributed by atoms with Gasteiger partial charge in [-0.3, -0.25) is 4.79 Å². The van der Waals surface area contributed by atoms with E-state index in [9.17, 15) is 10.1 Å². The average Bonchev–Trinajstić information content (AvgIpc) is 2.95. The zero-order valence-electron chi connectivity index (χ0n) is 12.6. The molecular formula is C18H13BrN2OS. The molecule has 0 aliphatic carbocycles. The molecule has 0 saturated heterocycles. The molecule has 1 aromatic carbocycles. The number of nitriles is 1. The fourth-order valence-corrected chi connectivity index (χ4v) is 3.94. The minimum absolute atomic E-state index is 0.147. The predicted octanol–water partition coefficient (Wildman–Crippen LogP) is 5.02. The number of aromatic amines is 1. The predicted molar refractivity (Wildman–Crippen MR) is 97.7 cm³/mol. The third kappa shape index (κ3) is 3.00. The lowest BCUT2D eigenvalue weighted by Crippen LogP contribution is -2.12. The van der Waals surface area contributed by atoms with Gasteiger partial charge in [0.2, 0.25) is 0 Å². The topological polar surface area (TPSA) is 56.6 Å². The summed E-state index contributed by atoms with van der Waals surface area (Å²) < 4.78 is 0.940. The monoisotopic (exact) mass is 384 g/mol. The molecule has 114 valence electrons. The van der Waals surface area contributed by atoms with E-state index in [0.717, 1.165) is 31.7 Å². The summed E-state index contributed by atoms with van der Waals surface area (Å²) in [4.78, 5) is 16.1. The van der Waals surface area contributed by atoms with Crippen LogP contribution < -0.4 is 5.56 Å². The second kappa shape index (κ2) is 6.15. The molecule has 23 heavy (non-hydrogen) atoms. The van der Waals surface area contributed by atoms with Crippen molar-refractivity contribution < 1.29 is 0 Å². The average molecular weight is 385 g/mol. The molecule has 1 N–H and O–H groups in total. The van der Waals surface area contributed by atoms with Gasteiger partial charge < -0.3 is 4.98 Å². The van der Waals surface area contributed by atoms with Crippen LogP contribution in [0.2, 0.25) is 0 Å². The van der Waals surface area contributed by atoms with Gasteiger partial charge in [0, 0.05) is 31.6 Å². The largest absolute Gasteiger partial charge is 0.321 e. The van der Waals surface area contributed by atoms with Crippen LogP contribution in [0.25, 0.3) is 21.7 Å². The number of hydrogen-bond acceptors (Lipinski definition) is 3. The van der Waals surface area contributed by atoms with Crippen LogP contribution in [0.3, 0.4) is 0 Å². The van der Waals surface area contributed by atoms with Gasteiger partial charge >= 0.3 is 0 Å². The number of benzene rings is 1. The molecule has 0 aliphatic heterocycles. The molecular weight excluding hydrogens is 372 g/mol. The van der Waals surface area contributed by atoms with E-state index in [0.29, 0.717) is 5.56 Å². The van der Waals surface area contributed by atoms with Crippen LogP contribution in [0.5, 0.6) is 0 Å². The SMILES string of the molecule is Cc1ccc(C)c(-c2cc(-c3cc(Br)cs3)c(C#N)c(=O)[nH]2)c1. The van der Waals surface area contributed by atoms with Crippen molar-refractivity contribution in [2.45, 2.75) is 13.8 Å². The van der Waals surface area contributed by atoms with Crippen molar-refractivity contribution in [2.75, 3.05) is 0 Å². The van der Waals surface area contributed by atoms with Crippen LogP contribution in [0.15, 0.2) is 45.0 Å². The Labute approximate surface area is 146 Å². The number of halogens is 1. The molecule has 0 spiro atoms. The number of H-pyrrole nitrogens is 1. The van der Waals surface area contributed by atoms with E-state index in [-0.39, 0.29) is 11.1 Å². The van der Waals surface area contributed by atoms with Gasteiger partial charge in [0.05, 0.1) is 0 Å². The molecule has 3 rings (SSSR count). The van der Waals surface area contributed by atoms with Gasteiger partial charge in [-0.05, 0) is 53.5 Å². The maximum absolute atomic E-state index is 12.4. The maximum Gasteiger partial charge on any atom is 0.267 e. The zero-order chi connectivity index (χ0) is 16.6. The summed E-state index contributed by atoms with van der Waals surface area (Å²) in [6, 6.07) is 11.9. The first kappa shape index (κ1) is 15.7. The Kier molecular flexibility index (Phi) is 4.20. The molecule has 2 heterocycles. The normalized spacial score (nSPS) is 10.5. The van der Waals surface area contributed by atoms with E-state index in [4.69, 9.17) is 0 Å². The maximum atomic E-state index is 12.4. The number of pyridine rings is 1. The lowest BCUT2D eigenvalue weighted by Gasteiger charge is -2.10. The fourth-order valence-electron chi connectivity index (χ4n) is 2.49. The first-order chi connectivity index (χ1) is 11.0. The Morgan fingerprint density at radius 2 is 1.96 bits per heavy atom. The Bertz CT molecular complexity index is 995. The van der Waals surface area contributed by atoms with Crippen molar-refractivity contribution in [1.29, 1.82) is 5.26 Å². The van der Waals surface area contributed by atoms with Gasteiger partial charge in [-0.15, -0.1) is 11.3 Å². The van der Waals surface area contributed by atoms with Crippen LogP contribution >= 0.6 is 27.3 Å². The van der Waals surface area contributed by atoms with Gasteiger partial charge in [-0.25, -0.2) is 0 Å². The Morgan fingerprint density at radius 3 is 2.61 bits per heavy atom. The first-order valence-electron chi connectivity index (χ1n) is 6.99. The van der Waals surface area contributed by atoms with Gasteiger partial charge in [0.15, 0.2) is 0 Å². The summed E-state index contributed by atoms with van der Waals surface area (Å²) in [6.07, 6.45) is 0. The highest BCUT2D eigenvalue weighted by molar-refractivity contribution is 9.10. The second-order valence-electron chi connectivity index (χ2n) is 5.36. The Hall–Kier alpha value is -2.16. The smallest absolute Gasteiger partial charge is 0.267 e. The fraction of sp³-hybridized carbons (Fsp3) is 0.111. The third-order valence-corrected chi connectivity index (χ3v) is 5.39. The van der Waals surface area contributed by atoms with Crippen molar-refractivity contribution in [3.63, 3.8) is 0 Å². The lowest BCUT2D eigenvalue weighted by atomic mass is 9.99. The highest BCUT2D eigenvalue weighted by Gasteiger charge is 2.15. The summed E-state index contributed by atoms with van der Waals surface area (Å²) in [5.74, 6) is 0. The van der Waals surface area contributed by atoms with Crippen molar-refractivity contribution in [3.05, 3.63) is 67.2 Å². The molecule has 0 amide bonds. The number of aryl methyl sites for hydroxylation is 2. The molecule has 0 saturated carbocycles. The Morgan fingerprint density at radius 1 is 1.17 bits per heavy atom. The van der Waals surface area contributed by atoms with Gasteiger partial charge in [0.1, 0.15) is 11.6 Å².